The SMILES string of the molecule is CC(CCC(=O)Nc1cccc(C(=O)O)c1)C(=O)O. The van der Waals surface area contributed by atoms with Gasteiger partial charge < -0.3 is 15.5 Å². The van der Waals surface area contributed by atoms with E-state index in [0.717, 1.165) is 0 Å². The molecule has 1 unspecified atom stereocenters. The van der Waals surface area contributed by atoms with Gasteiger partial charge in [0.1, 0.15) is 0 Å². The number of hydrogen-bond acceptors (Lipinski definition) is 3. The van der Waals surface area contributed by atoms with Crippen molar-refractivity contribution >= 4 is 23.5 Å². The van der Waals surface area contributed by atoms with Crippen LogP contribution in [-0.4, -0.2) is 28.1 Å². The third-order valence-corrected chi connectivity index (χ3v) is 2.62. The molecule has 0 saturated carbocycles. The van der Waals surface area contributed by atoms with Gasteiger partial charge in [0, 0.05) is 12.1 Å². The summed E-state index contributed by atoms with van der Waals surface area (Å²) in [7, 11) is 0. The highest BCUT2D eigenvalue weighted by Gasteiger charge is 2.13. The molecular weight excluding hydrogens is 250 g/mol. The fourth-order valence-corrected chi connectivity index (χ4v) is 1.42. The molecule has 0 aliphatic heterocycles. The number of aromatic carboxylic acids is 1. The van der Waals surface area contributed by atoms with Crippen LogP contribution in [0.5, 0.6) is 0 Å². The van der Waals surface area contributed by atoms with E-state index in [-0.39, 0.29) is 24.3 Å². The van der Waals surface area contributed by atoms with Crippen LogP contribution in [0.3, 0.4) is 0 Å². The van der Waals surface area contributed by atoms with Crippen LogP contribution in [-0.2, 0) is 9.59 Å². The molecule has 0 aliphatic carbocycles. The first-order chi connectivity index (χ1) is 8.90. The summed E-state index contributed by atoms with van der Waals surface area (Å²) in [5, 5.41) is 20.0. The molecule has 0 spiro atoms. The summed E-state index contributed by atoms with van der Waals surface area (Å²) in [5.74, 6) is -2.94. The van der Waals surface area contributed by atoms with Gasteiger partial charge in [0.15, 0.2) is 0 Å². The number of anilines is 1. The van der Waals surface area contributed by atoms with Crippen molar-refractivity contribution in [1.29, 1.82) is 0 Å². The van der Waals surface area contributed by atoms with E-state index in [0.29, 0.717) is 5.69 Å². The third-order valence-electron chi connectivity index (χ3n) is 2.62. The molecule has 0 heterocycles. The lowest BCUT2D eigenvalue weighted by Crippen LogP contribution is -2.16. The molecular formula is C13H15NO5. The van der Waals surface area contributed by atoms with E-state index >= 15 is 0 Å². The minimum Gasteiger partial charge on any atom is -0.481 e. The first kappa shape index (κ1) is 14.7. The second-order valence-corrected chi connectivity index (χ2v) is 4.21. The third kappa shape index (κ3) is 4.79. The van der Waals surface area contributed by atoms with Crippen LogP contribution in [0.25, 0.3) is 0 Å². The van der Waals surface area contributed by atoms with Crippen LogP contribution < -0.4 is 5.32 Å². The quantitative estimate of drug-likeness (QED) is 0.727. The largest absolute Gasteiger partial charge is 0.481 e. The van der Waals surface area contributed by atoms with E-state index in [1.807, 2.05) is 0 Å². The van der Waals surface area contributed by atoms with Crippen LogP contribution in [0.1, 0.15) is 30.1 Å². The van der Waals surface area contributed by atoms with Crippen molar-refractivity contribution in [2.75, 3.05) is 5.32 Å². The summed E-state index contributed by atoms with van der Waals surface area (Å²) >= 11 is 0. The first-order valence-corrected chi connectivity index (χ1v) is 5.76. The highest BCUT2D eigenvalue weighted by molar-refractivity contribution is 5.94. The minimum atomic E-state index is -1.07. The number of benzene rings is 1. The summed E-state index contributed by atoms with van der Waals surface area (Å²) in [5.41, 5.74) is 0.463. The highest BCUT2D eigenvalue weighted by Crippen LogP contribution is 2.12. The van der Waals surface area contributed by atoms with E-state index in [9.17, 15) is 14.4 Å². The summed E-state index contributed by atoms with van der Waals surface area (Å²) in [6, 6.07) is 5.87. The maximum Gasteiger partial charge on any atom is 0.335 e. The molecule has 1 rings (SSSR count). The predicted octanol–water partition coefficient (Wildman–Crippen LogP) is 1.82. The zero-order valence-corrected chi connectivity index (χ0v) is 10.4. The monoisotopic (exact) mass is 265 g/mol. The van der Waals surface area contributed by atoms with Crippen molar-refractivity contribution in [3.63, 3.8) is 0 Å². The van der Waals surface area contributed by atoms with E-state index in [2.05, 4.69) is 5.32 Å². The Kier molecular flexibility index (Phi) is 5.05. The van der Waals surface area contributed by atoms with Gasteiger partial charge in [-0.25, -0.2) is 4.79 Å². The van der Waals surface area contributed by atoms with Crippen molar-refractivity contribution in [3.05, 3.63) is 29.8 Å². The van der Waals surface area contributed by atoms with Crippen molar-refractivity contribution in [1.82, 2.24) is 0 Å². The maximum absolute atomic E-state index is 11.6. The van der Waals surface area contributed by atoms with Gasteiger partial charge in [0.2, 0.25) is 5.91 Å². The standard InChI is InChI=1S/C13H15NO5/c1-8(12(16)17)5-6-11(15)14-10-4-2-3-9(7-10)13(18)19/h2-4,7-8H,5-6H2,1H3,(H,14,15)(H,16,17)(H,18,19). The lowest BCUT2D eigenvalue weighted by molar-refractivity contribution is -0.141. The molecule has 1 aromatic carbocycles. The number of aliphatic carboxylic acids is 1. The number of carbonyl (C=O) groups excluding carboxylic acids is 1. The Hall–Kier alpha value is -2.37. The fraction of sp³-hybridized carbons (Fsp3) is 0.308. The number of carboxylic acids is 2. The summed E-state index contributed by atoms with van der Waals surface area (Å²) < 4.78 is 0. The Morgan fingerprint density at radius 3 is 2.53 bits per heavy atom. The van der Waals surface area contributed by atoms with Crippen LogP contribution in [0, 0.1) is 5.92 Å². The van der Waals surface area contributed by atoms with Gasteiger partial charge in [0.25, 0.3) is 0 Å². The molecule has 19 heavy (non-hydrogen) atoms. The maximum atomic E-state index is 11.6. The van der Waals surface area contributed by atoms with Crippen LogP contribution in [0.2, 0.25) is 0 Å². The molecule has 0 aromatic heterocycles. The lowest BCUT2D eigenvalue weighted by atomic mass is 10.1. The molecule has 1 aromatic rings. The van der Waals surface area contributed by atoms with Crippen molar-refractivity contribution in [2.24, 2.45) is 5.92 Å². The van der Waals surface area contributed by atoms with Gasteiger partial charge in [0.05, 0.1) is 11.5 Å². The molecule has 0 saturated heterocycles. The van der Waals surface area contributed by atoms with Gasteiger partial charge in [-0.1, -0.05) is 13.0 Å². The molecule has 0 aliphatic rings. The number of rotatable bonds is 6. The van der Waals surface area contributed by atoms with Crippen molar-refractivity contribution in [2.45, 2.75) is 19.8 Å². The zero-order valence-electron chi connectivity index (χ0n) is 10.4. The summed E-state index contributed by atoms with van der Waals surface area (Å²) in [6.07, 6.45) is 0.310. The Morgan fingerprint density at radius 1 is 1.26 bits per heavy atom. The molecule has 6 nitrogen and oxygen atoms in total. The van der Waals surface area contributed by atoms with Crippen LogP contribution >= 0.6 is 0 Å². The topological polar surface area (TPSA) is 104 Å². The molecule has 0 bridgehead atoms. The normalized spacial score (nSPS) is 11.6. The number of hydrogen-bond donors (Lipinski definition) is 3. The fourth-order valence-electron chi connectivity index (χ4n) is 1.42. The van der Waals surface area contributed by atoms with Crippen molar-refractivity contribution < 1.29 is 24.6 Å². The highest BCUT2D eigenvalue weighted by atomic mass is 16.4. The zero-order chi connectivity index (χ0) is 14.4. The van der Waals surface area contributed by atoms with Gasteiger partial charge in [-0.15, -0.1) is 0 Å². The lowest BCUT2D eigenvalue weighted by Gasteiger charge is -2.07. The second kappa shape index (κ2) is 6.53. The van der Waals surface area contributed by atoms with Crippen molar-refractivity contribution in [3.8, 4) is 0 Å². The van der Waals surface area contributed by atoms with Gasteiger partial charge >= 0.3 is 11.9 Å². The van der Waals surface area contributed by atoms with Crippen LogP contribution in [0.4, 0.5) is 5.69 Å². The van der Waals surface area contributed by atoms with Gasteiger partial charge in [-0.2, -0.15) is 0 Å². The minimum absolute atomic E-state index is 0.0742. The summed E-state index contributed by atoms with van der Waals surface area (Å²) in [6.45, 7) is 1.53. The smallest absolute Gasteiger partial charge is 0.335 e. The van der Waals surface area contributed by atoms with Gasteiger partial charge in [-0.3, -0.25) is 9.59 Å². The molecule has 102 valence electrons. The van der Waals surface area contributed by atoms with Gasteiger partial charge in [-0.05, 0) is 24.6 Å². The molecule has 0 fully saturated rings. The summed E-state index contributed by atoms with van der Waals surface area (Å²) in [4.78, 5) is 32.9. The molecule has 1 amide bonds. The Labute approximate surface area is 110 Å². The molecule has 1 atom stereocenters. The average Bonchev–Trinajstić information content (AvgIpc) is 2.36. The number of carbonyl (C=O) groups is 3. The number of amides is 1. The van der Waals surface area contributed by atoms with E-state index in [4.69, 9.17) is 10.2 Å². The van der Waals surface area contributed by atoms with E-state index < -0.39 is 17.9 Å². The molecule has 3 N–H and O–H groups in total. The van der Waals surface area contributed by atoms with Crippen LogP contribution in [0.15, 0.2) is 24.3 Å². The predicted molar refractivity (Wildman–Crippen MR) is 68.1 cm³/mol. The average molecular weight is 265 g/mol. The first-order valence-electron chi connectivity index (χ1n) is 5.76. The Bertz CT molecular complexity index is 498. The molecule has 0 radical (unpaired) electrons. The number of carboxylic acid groups (broad SMARTS) is 2. The number of nitrogens with one attached hydrogen (secondary N) is 1. The molecule has 6 heteroatoms. The Morgan fingerprint density at radius 2 is 1.95 bits per heavy atom. The van der Waals surface area contributed by atoms with E-state index in [1.165, 1.54) is 25.1 Å². The van der Waals surface area contributed by atoms with E-state index in [1.54, 1.807) is 6.07 Å². The second-order valence-electron chi connectivity index (χ2n) is 4.21. The Balaban J connectivity index is 2.55.